The minimum absolute atomic E-state index is 0.0519. The molecule has 0 radical (unpaired) electrons. The fourth-order valence-electron chi connectivity index (χ4n) is 1.32. The van der Waals surface area contributed by atoms with Gasteiger partial charge in [0.25, 0.3) is 0 Å². The summed E-state index contributed by atoms with van der Waals surface area (Å²) in [5, 5.41) is 9.25. The van der Waals surface area contributed by atoms with E-state index in [9.17, 15) is 0 Å². The number of nitrogens with zero attached hydrogens (tertiary/aromatic N) is 2. The number of pyridine rings is 1. The molecule has 2 heterocycles. The number of aliphatic hydroxyl groups excluding tert-OH is 1. The van der Waals surface area contributed by atoms with Crippen molar-refractivity contribution in [2.24, 2.45) is 0 Å². The first kappa shape index (κ1) is 10.1. The van der Waals surface area contributed by atoms with Crippen LogP contribution in [0, 0.1) is 0 Å². The minimum Gasteiger partial charge on any atom is -0.396 e. The highest BCUT2D eigenvalue weighted by Crippen LogP contribution is 2.24. The van der Waals surface area contributed by atoms with Crippen LogP contribution in [0.2, 0.25) is 5.15 Å². The molecule has 0 fully saturated rings. The van der Waals surface area contributed by atoms with Gasteiger partial charge < -0.3 is 10.1 Å². The second kappa shape index (κ2) is 4.42. The van der Waals surface area contributed by atoms with E-state index in [1.54, 1.807) is 12.4 Å². The molecule has 5 heteroatoms. The second-order valence-corrected chi connectivity index (χ2v) is 3.44. The van der Waals surface area contributed by atoms with Crippen molar-refractivity contribution in [1.82, 2.24) is 15.0 Å². The zero-order valence-corrected chi connectivity index (χ0v) is 8.70. The monoisotopic (exact) mass is 223 g/mol. The predicted molar refractivity (Wildman–Crippen MR) is 57.6 cm³/mol. The van der Waals surface area contributed by atoms with E-state index in [0.29, 0.717) is 23.1 Å². The van der Waals surface area contributed by atoms with Crippen molar-refractivity contribution < 1.29 is 5.11 Å². The molecule has 2 N–H and O–H groups in total. The molecular weight excluding hydrogens is 214 g/mol. The molecule has 0 saturated heterocycles. The van der Waals surface area contributed by atoms with Crippen LogP contribution in [0.15, 0.2) is 24.5 Å². The van der Waals surface area contributed by atoms with Crippen LogP contribution in [0.4, 0.5) is 0 Å². The first-order valence-corrected chi connectivity index (χ1v) is 4.94. The first-order chi connectivity index (χ1) is 7.31. The fourth-order valence-corrected chi connectivity index (χ4v) is 1.58. The molecule has 2 aromatic rings. The molecule has 78 valence electrons. The van der Waals surface area contributed by atoms with Gasteiger partial charge in [-0.25, -0.2) is 4.98 Å². The minimum atomic E-state index is 0.0519. The van der Waals surface area contributed by atoms with E-state index in [4.69, 9.17) is 16.7 Å². The fraction of sp³-hybridized carbons (Fsp3) is 0.200. The van der Waals surface area contributed by atoms with Crippen LogP contribution >= 0.6 is 11.6 Å². The summed E-state index contributed by atoms with van der Waals surface area (Å²) in [5.41, 5.74) is 1.54. The zero-order valence-electron chi connectivity index (χ0n) is 7.94. The third-order valence-electron chi connectivity index (χ3n) is 1.99. The Balaban J connectivity index is 2.36. The Kier molecular flexibility index (Phi) is 2.99. The lowest BCUT2D eigenvalue weighted by Gasteiger charge is -1.94. The highest BCUT2D eigenvalue weighted by Gasteiger charge is 2.09. The maximum Gasteiger partial charge on any atom is 0.134 e. The highest BCUT2D eigenvalue weighted by molar-refractivity contribution is 6.31. The third-order valence-corrected chi connectivity index (χ3v) is 2.27. The average Bonchev–Trinajstić information content (AvgIpc) is 2.61. The number of H-pyrrole nitrogens is 1. The predicted octanol–water partition coefficient (Wildman–Crippen LogP) is 1.66. The van der Waals surface area contributed by atoms with Gasteiger partial charge in [0.05, 0.1) is 6.61 Å². The third kappa shape index (κ3) is 2.16. The molecule has 0 aromatic carbocycles. The molecule has 0 unspecified atom stereocenters. The van der Waals surface area contributed by atoms with Crippen LogP contribution in [0.1, 0.15) is 5.82 Å². The van der Waals surface area contributed by atoms with E-state index >= 15 is 0 Å². The first-order valence-electron chi connectivity index (χ1n) is 4.57. The van der Waals surface area contributed by atoms with Gasteiger partial charge in [-0.2, -0.15) is 0 Å². The van der Waals surface area contributed by atoms with Crippen molar-refractivity contribution in [3.05, 3.63) is 35.5 Å². The van der Waals surface area contributed by atoms with Gasteiger partial charge in [0, 0.05) is 24.4 Å². The normalized spacial score (nSPS) is 10.5. The number of hydrogen-bond acceptors (Lipinski definition) is 3. The number of nitrogens with one attached hydrogen (secondary N) is 1. The summed E-state index contributed by atoms with van der Waals surface area (Å²) in [6.45, 7) is 0.0519. The van der Waals surface area contributed by atoms with Gasteiger partial charge in [-0.3, -0.25) is 4.98 Å². The highest BCUT2D eigenvalue weighted by atomic mass is 35.5. The summed E-state index contributed by atoms with van der Waals surface area (Å²) >= 11 is 5.99. The van der Waals surface area contributed by atoms with Gasteiger partial charge in [0.15, 0.2) is 0 Å². The van der Waals surface area contributed by atoms with Crippen molar-refractivity contribution in [2.45, 2.75) is 6.42 Å². The molecule has 0 spiro atoms. The summed E-state index contributed by atoms with van der Waals surface area (Å²) in [5.74, 6) is 0.682. The van der Waals surface area contributed by atoms with E-state index in [1.807, 2.05) is 12.1 Å². The molecular formula is C10H10ClN3O. The van der Waals surface area contributed by atoms with Crippen LogP contribution in [-0.2, 0) is 6.42 Å². The molecule has 0 bridgehead atoms. The molecule has 4 nitrogen and oxygen atoms in total. The lowest BCUT2D eigenvalue weighted by molar-refractivity contribution is 0.297. The van der Waals surface area contributed by atoms with Crippen molar-refractivity contribution in [3.63, 3.8) is 0 Å². The van der Waals surface area contributed by atoms with Gasteiger partial charge >= 0.3 is 0 Å². The van der Waals surface area contributed by atoms with Gasteiger partial charge in [0.1, 0.15) is 16.7 Å². The smallest absolute Gasteiger partial charge is 0.134 e. The molecule has 2 aromatic heterocycles. The molecule has 0 aliphatic rings. The summed E-state index contributed by atoms with van der Waals surface area (Å²) < 4.78 is 0. The Hall–Kier alpha value is -1.39. The van der Waals surface area contributed by atoms with Gasteiger partial charge in [-0.1, -0.05) is 11.6 Å². The van der Waals surface area contributed by atoms with E-state index < -0.39 is 0 Å². The molecule has 0 aliphatic carbocycles. The molecule has 0 amide bonds. The number of aliphatic hydroxyl groups is 1. The number of halogens is 1. The van der Waals surface area contributed by atoms with Crippen molar-refractivity contribution in [2.75, 3.05) is 6.61 Å². The quantitative estimate of drug-likeness (QED) is 0.832. The van der Waals surface area contributed by atoms with E-state index in [-0.39, 0.29) is 6.61 Å². The summed E-state index contributed by atoms with van der Waals surface area (Å²) in [6.07, 6.45) is 3.86. The molecule has 0 saturated carbocycles. The van der Waals surface area contributed by atoms with Gasteiger partial charge in [0.2, 0.25) is 0 Å². The Morgan fingerprint density at radius 1 is 1.47 bits per heavy atom. The summed E-state index contributed by atoms with van der Waals surface area (Å²) in [6, 6.07) is 3.71. The average molecular weight is 224 g/mol. The number of aromatic amines is 1. The lowest BCUT2D eigenvalue weighted by atomic mass is 10.2. The van der Waals surface area contributed by atoms with Crippen molar-refractivity contribution >= 4 is 11.6 Å². The van der Waals surface area contributed by atoms with Crippen LogP contribution < -0.4 is 0 Å². The maximum absolute atomic E-state index is 8.77. The topological polar surface area (TPSA) is 61.8 Å². The molecule has 2 rings (SSSR count). The van der Waals surface area contributed by atoms with Gasteiger partial charge in [-0.05, 0) is 12.1 Å². The maximum atomic E-state index is 8.77. The lowest BCUT2D eigenvalue weighted by Crippen LogP contribution is -1.92. The van der Waals surface area contributed by atoms with Crippen LogP contribution in [0.3, 0.4) is 0 Å². The van der Waals surface area contributed by atoms with Crippen LogP contribution in [-0.4, -0.2) is 26.7 Å². The SMILES string of the molecule is OCCc1nc(-c2cccnc2)c(Cl)[nH]1. The Bertz CT molecular complexity index is 441. The largest absolute Gasteiger partial charge is 0.396 e. The van der Waals surface area contributed by atoms with Crippen LogP contribution in [0.25, 0.3) is 11.3 Å². The van der Waals surface area contributed by atoms with E-state index in [2.05, 4.69) is 15.0 Å². The Morgan fingerprint density at radius 3 is 3.00 bits per heavy atom. The number of hydrogen-bond donors (Lipinski definition) is 2. The van der Waals surface area contributed by atoms with Gasteiger partial charge in [-0.15, -0.1) is 0 Å². The Morgan fingerprint density at radius 2 is 2.33 bits per heavy atom. The second-order valence-electron chi connectivity index (χ2n) is 3.06. The summed E-state index contributed by atoms with van der Waals surface area (Å²) in [7, 11) is 0. The van der Waals surface area contributed by atoms with Crippen LogP contribution in [0.5, 0.6) is 0 Å². The van der Waals surface area contributed by atoms with E-state index in [1.165, 1.54) is 0 Å². The standard InChI is InChI=1S/C10H10ClN3O/c11-10-9(7-2-1-4-12-6-7)13-8(14-10)3-5-15/h1-2,4,6,15H,3,5H2,(H,13,14). The number of imidazole rings is 1. The summed E-state index contributed by atoms with van der Waals surface area (Å²) in [4.78, 5) is 11.2. The molecule has 0 aliphatic heterocycles. The molecule has 15 heavy (non-hydrogen) atoms. The van der Waals surface area contributed by atoms with E-state index in [0.717, 1.165) is 5.56 Å². The Labute approximate surface area is 92.0 Å². The van der Waals surface area contributed by atoms with Crippen molar-refractivity contribution in [1.29, 1.82) is 0 Å². The molecule has 0 atom stereocenters. The van der Waals surface area contributed by atoms with Crippen molar-refractivity contribution in [3.8, 4) is 11.3 Å². The zero-order chi connectivity index (χ0) is 10.7. The number of aromatic nitrogens is 3. The number of rotatable bonds is 3.